The van der Waals surface area contributed by atoms with Crippen molar-refractivity contribution in [2.24, 2.45) is 7.05 Å². The van der Waals surface area contributed by atoms with E-state index in [1.165, 1.54) is 43.4 Å². The van der Waals surface area contributed by atoms with Gasteiger partial charge < -0.3 is 18.9 Å². The van der Waals surface area contributed by atoms with Crippen LogP contribution < -0.4 is 14.4 Å². The summed E-state index contributed by atoms with van der Waals surface area (Å²) in [6, 6.07) is 3.81. The minimum absolute atomic E-state index is 0.0763. The van der Waals surface area contributed by atoms with Crippen LogP contribution in [-0.2, 0) is 25.7 Å². The van der Waals surface area contributed by atoms with Crippen LogP contribution in [0.15, 0.2) is 36.9 Å². The molecule has 9 nitrogen and oxygen atoms in total. The molecule has 2 aliphatic rings. The van der Waals surface area contributed by atoms with E-state index < -0.39 is 23.4 Å². The molecule has 0 radical (unpaired) electrons. The van der Waals surface area contributed by atoms with E-state index in [0.29, 0.717) is 47.9 Å². The average molecular weight is 588 g/mol. The first-order valence-electron chi connectivity index (χ1n) is 13.2. The molecule has 3 aromatic heterocycles. The lowest BCUT2D eigenvalue weighted by Crippen LogP contribution is -2.33. The maximum atomic E-state index is 14.3. The normalized spacial score (nSPS) is 15.4. The second kappa shape index (κ2) is 10.2. The van der Waals surface area contributed by atoms with Gasteiger partial charge in [-0.25, -0.2) is 24.9 Å². The second-order valence-electron chi connectivity index (χ2n) is 10.4. The minimum atomic E-state index is -4.76. The first kappa shape index (κ1) is 27.8. The Balaban J connectivity index is 1.37. The van der Waals surface area contributed by atoms with Crippen molar-refractivity contribution in [2.75, 3.05) is 25.2 Å². The molecule has 42 heavy (non-hydrogen) atoms. The summed E-state index contributed by atoms with van der Waals surface area (Å²) in [4.78, 5) is 23.5. The zero-order chi connectivity index (χ0) is 29.8. The fourth-order valence-corrected chi connectivity index (χ4v) is 5.02. The highest BCUT2D eigenvalue weighted by Crippen LogP contribution is 2.46. The molecule has 0 atom stereocenters. The summed E-state index contributed by atoms with van der Waals surface area (Å²) in [6.07, 6.45) is 1.20. The third kappa shape index (κ3) is 5.21. The number of hydrogen-bond acceptors (Lipinski definition) is 8. The van der Waals surface area contributed by atoms with Gasteiger partial charge in [0.2, 0.25) is 5.88 Å². The van der Waals surface area contributed by atoms with Gasteiger partial charge in [0.15, 0.2) is 17.4 Å². The molecule has 0 N–H and O–H groups in total. The quantitative estimate of drug-likeness (QED) is 0.253. The molecule has 0 spiro atoms. The van der Waals surface area contributed by atoms with Crippen molar-refractivity contribution in [3.05, 3.63) is 59.4 Å². The molecule has 0 bridgehead atoms. The molecule has 0 saturated heterocycles. The van der Waals surface area contributed by atoms with Crippen molar-refractivity contribution < 1.29 is 31.4 Å². The van der Waals surface area contributed by atoms with E-state index in [1.54, 1.807) is 0 Å². The molecule has 4 aromatic rings. The number of benzene rings is 1. The number of nitrogens with zero attached hydrogens (tertiary/aromatic N) is 7. The van der Waals surface area contributed by atoms with Crippen molar-refractivity contribution in [3.8, 4) is 34.4 Å². The average Bonchev–Trinajstić information content (AvgIpc) is 3.72. The molecule has 0 amide bonds. The predicted octanol–water partition coefficient (Wildman–Crippen LogP) is 5.75. The van der Waals surface area contributed by atoms with Gasteiger partial charge in [-0.05, 0) is 24.5 Å². The maximum Gasteiger partial charge on any atom is 0.417 e. The number of rotatable bonds is 7. The largest absolute Gasteiger partial charge is 0.486 e. The van der Waals surface area contributed by atoms with Crippen LogP contribution in [0.5, 0.6) is 11.6 Å². The molecule has 0 unspecified atom stereocenters. The summed E-state index contributed by atoms with van der Waals surface area (Å²) in [5, 5.41) is 0. The van der Waals surface area contributed by atoms with Gasteiger partial charge in [-0.3, -0.25) is 0 Å². The van der Waals surface area contributed by atoms with Gasteiger partial charge in [-0.15, -0.1) is 0 Å². The van der Waals surface area contributed by atoms with E-state index in [1.807, 2.05) is 4.90 Å². The molecule has 4 heterocycles. The fourth-order valence-electron chi connectivity index (χ4n) is 5.02. The number of hydrogen-bond donors (Lipinski definition) is 0. The molecule has 14 heteroatoms. The first-order chi connectivity index (χ1) is 19.9. The van der Waals surface area contributed by atoms with Crippen LogP contribution in [0, 0.1) is 0 Å². The van der Waals surface area contributed by atoms with Crippen LogP contribution in [0.25, 0.3) is 22.8 Å². The lowest BCUT2D eigenvalue weighted by Gasteiger charge is -2.30. The zero-order valence-electron chi connectivity index (χ0n) is 22.9. The summed E-state index contributed by atoms with van der Waals surface area (Å²) in [5.74, 6) is -1.79. The van der Waals surface area contributed by atoms with Crippen molar-refractivity contribution in [1.82, 2.24) is 29.5 Å². The van der Waals surface area contributed by atoms with E-state index >= 15 is 0 Å². The van der Waals surface area contributed by atoms with Gasteiger partial charge in [-0.2, -0.15) is 22.0 Å². The number of imidazole rings is 1. The Morgan fingerprint density at radius 1 is 1.07 bits per heavy atom. The van der Waals surface area contributed by atoms with Crippen LogP contribution in [0.1, 0.15) is 48.2 Å². The Bertz CT molecular complexity index is 1650. The van der Waals surface area contributed by atoms with Crippen LogP contribution in [0.4, 0.5) is 27.8 Å². The van der Waals surface area contributed by atoms with Gasteiger partial charge >= 0.3 is 6.18 Å². The van der Waals surface area contributed by atoms with Gasteiger partial charge in [0.25, 0.3) is 5.92 Å². The molecule has 1 aliphatic heterocycles. The van der Waals surface area contributed by atoms with Gasteiger partial charge in [-0.1, -0.05) is 12.1 Å². The standard InChI is InChI=1S/C28H26F5N7O2/c1-27(29,30)20-13-39(2)24(37-20)17-7-4-15(10-18(17)28(31,32)33)12-40-8-9-42-19-11-34-23(38-25(19)40)21-22(16-5-6-16)35-14-36-26(21)41-3/h4,7,10-11,13-14,16H,5-6,8-9,12H2,1-3H3. The molecule has 1 aromatic carbocycles. The highest BCUT2D eigenvalue weighted by atomic mass is 19.4. The van der Waals surface area contributed by atoms with Crippen LogP contribution in [0.2, 0.25) is 0 Å². The molecule has 1 fully saturated rings. The number of fused-ring (bicyclic) bond motifs is 1. The molecular formula is C28H26F5N7O2. The van der Waals surface area contributed by atoms with Gasteiger partial charge in [0.1, 0.15) is 30.0 Å². The fraction of sp³-hybridized carbons (Fsp3) is 0.393. The summed E-state index contributed by atoms with van der Waals surface area (Å²) < 4.78 is 82.9. The van der Waals surface area contributed by atoms with Crippen LogP contribution in [-0.4, -0.2) is 49.7 Å². The summed E-state index contributed by atoms with van der Waals surface area (Å²) in [7, 11) is 2.88. The predicted molar refractivity (Wildman–Crippen MR) is 141 cm³/mol. The lowest BCUT2D eigenvalue weighted by atomic mass is 10.0. The number of alkyl halides is 5. The highest BCUT2D eigenvalue weighted by Gasteiger charge is 2.37. The topological polar surface area (TPSA) is 91.1 Å². The smallest absolute Gasteiger partial charge is 0.417 e. The SMILES string of the molecule is COc1ncnc(C2CC2)c1-c1ncc2c(n1)N(Cc1ccc(-c3nc(C(C)(F)F)cn3C)c(C(F)(F)F)c1)CCO2. The molecule has 6 rings (SSSR count). The zero-order valence-corrected chi connectivity index (χ0v) is 22.9. The number of methoxy groups -OCH3 is 1. The Kier molecular flexibility index (Phi) is 6.73. The third-order valence-corrected chi connectivity index (χ3v) is 7.21. The van der Waals surface area contributed by atoms with Gasteiger partial charge in [0.05, 0.1) is 31.1 Å². The summed E-state index contributed by atoms with van der Waals surface area (Å²) >= 11 is 0. The number of ether oxygens (including phenoxy) is 2. The minimum Gasteiger partial charge on any atom is -0.486 e. The molecular weight excluding hydrogens is 561 g/mol. The first-order valence-corrected chi connectivity index (χ1v) is 13.2. The van der Waals surface area contributed by atoms with Crippen LogP contribution >= 0.6 is 0 Å². The lowest BCUT2D eigenvalue weighted by molar-refractivity contribution is -0.137. The third-order valence-electron chi connectivity index (χ3n) is 7.21. The maximum absolute atomic E-state index is 14.3. The number of anilines is 1. The molecule has 1 saturated carbocycles. The second-order valence-corrected chi connectivity index (χ2v) is 10.4. The monoisotopic (exact) mass is 587 g/mol. The Morgan fingerprint density at radius 3 is 2.52 bits per heavy atom. The van der Waals surface area contributed by atoms with Crippen molar-refractivity contribution in [1.29, 1.82) is 0 Å². The van der Waals surface area contributed by atoms with E-state index in [0.717, 1.165) is 30.8 Å². The van der Waals surface area contributed by atoms with Gasteiger partial charge in [0, 0.05) is 38.2 Å². The number of aryl methyl sites for hydroxylation is 1. The van der Waals surface area contributed by atoms with Crippen molar-refractivity contribution in [3.63, 3.8) is 0 Å². The molecule has 1 aliphatic carbocycles. The Hall–Kier alpha value is -4.36. The Labute approximate surface area is 237 Å². The van der Waals surface area contributed by atoms with Crippen molar-refractivity contribution >= 4 is 5.82 Å². The summed E-state index contributed by atoms with van der Waals surface area (Å²) in [5.41, 5.74) is -0.172. The van der Waals surface area contributed by atoms with Crippen molar-refractivity contribution in [2.45, 2.75) is 44.3 Å². The number of aromatic nitrogens is 6. The van der Waals surface area contributed by atoms with E-state index in [4.69, 9.17) is 14.5 Å². The van der Waals surface area contributed by atoms with Crippen LogP contribution in [0.3, 0.4) is 0 Å². The Morgan fingerprint density at radius 2 is 1.86 bits per heavy atom. The van der Waals surface area contributed by atoms with E-state index in [9.17, 15) is 22.0 Å². The van der Waals surface area contributed by atoms with E-state index in [-0.39, 0.29) is 30.5 Å². The number of halogens is 5. The van der Waals surface area contributed by atoms with E-state index in [2.05, 4.69) is 19.9 Å². The molecule has 220 valence electrons. The summed E-state index contributed by atoms with van der Waals surface area (Å²) in [6.45, 7) is 1.37. The highest BCUT2D eigenvalue weighted by molar-refractivity contribution is 5.69.